The molecule has 0 atom stereocenters. The lowest BCUT2D eigenvalue weighted by molar-refractivity contribution is -0.762. The van der Waals surface area contributed by atoms with Gasteiger partial charge in [0, 0.05) is 8.95 Å². The molecule has 0 aromatic heterocycles. The summed E-state index contributed by atoms with van der Waals surface area (Å²) in [6.07, 6.45) is 0. The molecule has 0 radical (unpaired) electrons. The van der Waals surface area contributed by atoms with Gasteiger partial charge < -0.3 is 0 Å². The smallest absolute Gasteiger partial charge is 0.223 e. The molecule has 0 saturated carbocycles. The van der Waals surface area contributed by atoms with E-state index in [1.54, 1.807) is 6.07 Å². The Bertz CT molecular complexity index is 415. The maximum atomic E-state index is 10.2. The highest BCUT2D eigenvalue weighted by molar-refractivity contribution is 9.14. The quantitative estimate of drug-likeness (QED) is 0.307. The number of hydrazine groups is 1. The molecule has 0 aliphatic carbocycles. The minimum absolute atomic E-state index is 0.276. The molecule has 0 unspecified atom stereocenters. The minimum atomic E-state index is -1.01. The van der Waals surface area contributed by atoms with Crippen LogP contribution >= 0.6 is 63.7 Å². The second-order valence-corrected chi connectivity index (χ2v) is 5.74. The molecule has 16 heavy (non-hydrogen) atoms. The third-order valence-electron chi connectivity index (χ3n) is 1.46. The monoisotopic (exact) mass is 481 g/mol. The summed E-state index contributed by atoms with van der Waals surface area (Å²) in [6.45, 7) is 0. The maximum Gasteiger partial charge on any atom is 0.318 e. The molecule has 1 aromatic carbocycles. The van der Waals surface area contributed by atoms with Crippen molar-refractivity contribution in [3.05, 3.63) is 34.1 Å². The van der Waals surface area contributed by atoms with Crippen LogP contribution in [0.3, 0.4) is 0 Å². The SMILES string of the molecule is NN(O[N+](=O)[O-])c1c(Br)c(Br)cc(Br)c1Br. The van der Waals surface area contributed by atoms with Crippen LogP contribution in [0.2, 0.25) is 0 Å². The first-order valence-corrected chi connectivity index (χ1v) is 6.72. The molecule has 0 saturated heterocycles. The summed E-state index contributed by atoms with van der Waals surface area (Å²) in [7, 11) is 0. The summed E-state index contributed by atoms with van der Waals surface area (Å²) < 4.78 is 2.37. The lowest BCUT2D eigenvalue weighted by Gasteiger charge is -2.19. The fourth-order valence-corrected chi connectivity index (χ4v) is 3.25. The van der Waals surface area contributed by atoms with Crippen LogP contribution in [0.5, 0.6) is 0 Å². The van der Waals surface area contributed by atoms with Crippen molar-refractivity contribution in [2.24, 2.45) is 5.84 Å². The number of hydrogen-bond donors (Lipinski definition) is 1. The third kappa shape index (κ3) is 3.06. The van der Waals surface area contributed by atoms with E-state index in [1.165, 1.54) is 0 Å². The average Bonchev–Trinajstić information content (AvgIpc) is 2.14. The van der Waals surface area contributed by atoms with Gasteiger partial charge in [0.05, 0.1) is 8.95 Å². The van der Waals surface area contributed by atoms with Gasteiger partial charge in [0.15, 0.2) is 0 Å². The molecular formula is C6H3Br4N3O3. The van der Waals surface area contributed by atoms with E-state index in [2.05, 4.69) is 68.7 Å². The van der Waals surface area contributed by atoms with Gasteiger partial charge in [0.1, 0.15) is 5.69 Å². The number of hydrogen-bond acceptors (Lipinski definition) is 5. The Morgan fingerprint density at radius 1 is 1.25 bits per heavy atom. The van der Waals surface area contributed by atoms with Gasteiger partial charge in [0.25, 0.3) is 0 Å². The molecule has 1 aromatic rings. The van der Waals surface area contributed by atoms with Crippen molar-refractivity contribution in [3.63, 3.8) is 0 Å². The number of nitrogens with zero attached hydrogens (tertiary/aromatic N) is 2. The van der Waals surface area contributed by atoms with Crippen LogP contribution in [0.15, 0.2) is 24.0 Å². The van der Waals surface area contributed by atoms with E-state index < -0.39 is 5.09 Å². The van der Waals surface area contributed by atoms with Crippen molar-refractivity contribution >= 4 is 69.4 Å². The Labute approximate surface area is 124 Å². The molecule has 0 spiro atoms. The summed E-state index contributed by atoms with van der Waals surface area (Å²) in [5, 5.41) is 9.72. The summed E-state index contributed by atoms with van der Waals surface area (Å²) in [6, 6.07) is 1.75. The van der Waals surface area contributed by atoms with E-state index in [0.717, 1.165) is 0 Å². The Hall–Kier alpha value is 0.100. The number of anilines is 1. The topological polar surface area (TPSA) is 81.6 Å². The molecule has 2 N–H and O–H groups in total. The third-order valence-corrected chi connectivity index (χ3v) is 5.38. The van der Waals surface area contributed by atoms with E-state index in [0.29, 0.717) is 23.1 Å². The second-order valence-electron chi connectivity index (χ2n) is 2.45. The molecule has 0 aliphatic rings. The van der Waals surface area contributed by atoms with Crippen LogP contribution in [0, 0.1) is 10.1 Å². The van der Waals surface area contributed by atoms with E-state index >= 15 is 0 Å². The van der Waals surface area contributed by atoms with E-state index in [4.69, 9.17) is 5.84 Å². The first-order chi connectivity index (χ1) is 7.34. The standard InChI is InChI=1S/C6H3Br4N3O3/c7-2-1-3(8)5(10)6(4(2)9)12(11)16-13(14)15/h1H,11H2. The Morgan fingerprint density at radius 3 is 2.06 bits per heavy atom. The Morgan fingerprint density at radius 2 is 1.69 bits per heavy atom. The zero-order chi connectivity index (χ0) is 12.5. The van der Waals surface area contributed by atoms with Crippen LogP contribution in [0.4, 0.5) is 5.69 Å². The van der Waals surface area contributed by atoms with E-state index in [-0.39, 0.29) is 5.69 Å². The summed E-state index contributed by atoms with van der Waals surface area (Å²) in [5.74, 6) is 5.40. The second kappa shape index (κ2) is 5.63. The van der Waals surface area contributed by atoms with Gasteiger partial charge in [-0.2, -0.15) is 4.94 Å². The lowest BCUT2D eigenvalue weighted by atomic mass is 10.3. The van der Waals surface area contributed by atoms with Crippen LogP contribution in [0.25, 0.3) is 0 Å². The van der Waals surface area contributed by atoms with Crippen LogP contribution < -0.4 is 11.0 Å². The van der Waals surface area contributed by atoms with E-state index in [1.807, 2.05) is 0 Å². The molecule has 10 heteroatoms. The van der Waals surface area contributed by atoms with Gasteiger partial charge in [-0.05, 0) is 69.8 Å². The first kappa shape index (κ1) is 14.2. The largest absolute Gasteiger partial charge is 0.318 e. The zero-order valence-corrected chi connectivity index (χ0v) is 13.6. The normalized spacial score (nSPS) is 10.1. The number of benzene rings is 1. The van der Waals surface area contributed by atoms with Gasteiger partial charge >= 0.3 is 5.09 Å². The predicted octanol–water partition coefficient (Wildman–Crippen LogP) is 3.54. The summed E-state index contributed by atoms with van der Waals surface area (Å²) >= 11 is 13.0. The van der Waals surface area contributed by atoms with Gasteiger partial charge in [-0.25, -0.2) is 5.84 Å². The van der Waals surface area contributed by atoms with Crippen LogP contribution in [-0.4, -0.2) is 5.09 Å². The molecule has 6 nitrogen and oxygen atoms in total. The van der Waals surface area contributed by atoms with Crippen molar-refractivity contribution in [1.82, 2.24) is 0 Å². The minimum Gasteiger partial charge on any atom is -0.223 e. The van der Waals surface area contributed by atoms with Gasteiger partial charge in [-0.1, -0.05) is 0 Å². The summed E-state index contributed by atoms with van der Waals surface area (Å²) in [5.41, 5.74) is 0.276. The van der Waals surface area contributed by atoms with Crippen molar-refractivity contribution in [2.75, 3.05) is 5.17 Å². The number of halogens is 4. The molecule has 1 rings (SSSR count). The molecule has 0 bridgehead atoms. The molecule has 88 valence electrons. The summed E-state index contributed by atoms with van der Waals surface area (Å²) in [4.78, 5) is 14.3. The maximum absolute atomic E-state index is 10.2. The molecule has 0 heterocycles. The molecule has 0 amide bonds. The van der Waals surface area contributed by atoms with E-state index in [9.17, 15) is 10.1 Å². The lowest BCUT2D eigenvalue weighted by Crippen LogP contribution is -2.34. The van der Waals surface area contributed by atoms with Crippen molar-refractivity contribution < 1.29 is 10.0 Å². The highest BCUT2D eigenvalue weighted by atomic mass is 79.9. The first-order valence-electron chi connectivity index (χ1n) is 3.55. The zero-order valence-electron chi connectivity index (χ0n) is 7.29. The van der Waals surface area contributed by atoms with Gasteiger partial charge in [0.2, 0.25) is 0 Å². The van der Waals surface area contributed by atoms with Crippen molar-refractivity contribution in [3.8, 4) is 0 Å². The van der Waals surface area contributed by atoms with Gasteiger partial charge in [-0.3, -0.25) is 0 Å². The highest BCUT2D eigenvalue weighted by Crippen LogP contribution is 2.42. The highest BCUT2D eigenvalue weighted by Gasteiger charge is 2.19. The molecule has 0 fully saturated rings. The average molecular weight is 485 g/mol. The van der Waals surface area contributed by atoms with Gasteiger partial charge in [-0.15, -0.1) is 15.3 Å². The molecular weight excluding hydrogens is 482 g/mol. The number of nitrogens with two attached hydrogens (primary N) is 1. The number of rotatable bonds is 3. The Balaban J connectivity index is 3.26. The van der Waals surface area contributed by atoms with Crippen molar-refractivity contribution in [2.45, 2.75) is 0 Å². The Kier molecular flexibility index (Phi) is 4.98. The predicted molar refractivity (Wildman–Crippen MR) is 72.0 cm³/mol. The fourth-order valence-electron chi connectivity index (χ4n) is 0.867. The van der Waals surface area contributed by atoms with Crippen LogP contribution in [0.1, 0.15) is 0 Å². The van der Waals surface area contributed by atoms with Crippen LogP contribution in [-0.2, 0) is 4.94 Å². The van der Waals surface area contributed by atoms with Crippen molar-refractivity contribution in [1.29, 1.82) is 0 Å². The molecule has 0 aliphatic heterocycles. The fraction of sp³-hybridized carbons (Fsp3) is 0.